The number of carbonyl (C=O) groups is 2. The zero-order chi connectivity index (χ0) is 24.0. The van der Waals surface area contributed by atoms with Gasteiger partial charge in [-0.05, 0) is 69.5 Å². The molecule has 0 bridgehead atoms. The number of benzene rings is 2. The average molecular weight is 459 g/mol. The highest BCUT2D eigenvalue weighted by atomic mass is 35.5. The van der Waals surface area contributed by atoms with Crippen molar-refractivity contribution in [3.8, 4) is 11.5 Å². The predicted octanol–water partition coefficient (Wildman–Crippen LogP) is 5.17. The summed E-state index contributed by atoms with van der Waals surface area (Å²) in [5, 5.41) is 3.30. The summed E-state index contributed by atoms with van der Waals surface area (Å²) in [5.41, 5.74) is 4.57. The standard InChI is InChI=1S/C25H31ClN2O4/c1-15(2)32-25-20(26)12-19(13-21(25)31-7)8-9-23(30)28(6)14-22(29)27-24-17(4)10-16(3)11-18(24)5/h8-13,15H,14H2,1-7H3,(H,27,29)/b9-8+. The van der Waals surface area contributed by atoms with Crippen LogP contribution in [0.1, 0.15) is 36.1 Å². The van der Waals surface area contributed by atoms with Gasteiger partial charge in [0.1, 0.15) is 0 Å². The summed E-state index contributed by atoms with van der Waals surface area (Å²) in [6.45, 7) is 9.64. The van der Waals surface area contributed by atoms with Crippen LogP contribution in [0.4, 0.5) is 5.69 Å². The maximum absolute atomic E-state index is 12.5. The van der Waals surface area contributed by atoms with Crippen LogP contribution in [0.5, 0.6) is 11.5 Å². The van der Waals surface area contributed by atoms with Crippen LogP contribution < -0.4 is 14.8 Å². The van der Waals surface area contributed by atoms with E-state index in [4.69, 9.17) is 21.1 Å². The van der Waals surface area contributed by atoms with E-state index in [9.17, 15) is 9.59 Å². The first-order valence-corrected chi connectivity index (χ1v) is 10.7. The first kappa shape index (κ1) is 25.3. The number of hydrogen-bond donors (Lipinski definition) is 1. The molecule has 0 aliphatic heterocycles. The molecular weight excluding hydrogens is 428 g/mol. The highest BCUT2D eigenvalue weighted by Gasteiger charge is 2.15. The molecule has 0 saturated carbocycles. The third-order valence-electron chi connectivity index (χ3n) is 4.72. The van der Waals surface area contributed by atoms with Crippen LogP contribution in [0.3, 0.4) is 0 Å². The molecule has 0 saturated heterocycles. The number of methoxy groups -OCH3 is 1. The lowest BCUT2D eigenvalue weighted by atomic mass is 10.1. The third-order valence-corrected chi connectivity index (χ3v) is 5.00. The smallest absolute Gasteiger partial charge is 0.246 e. The number of nitrogens with one attached hydrogen (secondary N) is 1. The van der Waals surface area contributed by atoms with Gasteiger partial charge in [-0.2, -0.15) is 0 Å². The van der Waals surface area contributed by atoms with Gasteiger partial charge in [-0.3, -0.25) is 9.59 Å². The van der Waals surface area contributed by atoms with E-state index in [2.05, 4.69) is 5.32 Å². The second kappa shape index (κ2) is 11.0. The van der Waals surface area contributed by atoms with Gasteiger partial charge >= 0.3 is 0 Å². The lowest BCUT2D eigenvalue weighted by Crippen LogP contribution is -2.34. The zero-order valence-electron chi connectivity index (χ0n) is 19.7. The van der Waals surface area contributed by atoms with Gasteiger partial charge in [0, 0.05) is 18.8 Å². The Morgan fingerprint density at radius 3 is 2.31 bits per heavy atom. The summed E-state index contributed by atoms with van der Waals surface area (Å²) in [6, 6.07) is 7.46. The minimum Gasteiger partial charge on any atom is -0.493 e. The molecule has 172 valence electrons. The number of likely N-dealkylation sites (N-methyl/N-ethyl adjacent to an activating group) is 1. The van der Waals surface area contributed by atoms with E-state index >= 15 is 0 Å². The Labute approximate surface area is 195 Å². The molecule has 0 aliphatic carbocycles. The lowest BCUT2D eigenvalue weighted by Gasteiger charge is -2.17. The highest BCUT2D eigenvalue weighted by molar-refractivity contribution is 6.32. The molecule has 32 heavy (non-hydrogen) atoms. The van der Waals surface area contributed by atoms with Crippen LogP contribution in [0, 0.1) is 20.8 Å². The molecule has 0 aliphatic rings. The van der Waals surface area contributed by atoms with E-state index in [0.717, 1.165) is 22.4 Å². The van der Waals surface area contributed by atoms with Crippen molar-refractivity contribution in [2.45, 2.75) is 40.7 Å². The normalized spacial score (nSPS) is 11.0. The number of ether oxygens (including phenoxy) is 2. The molecule has 0 radical (unpaired) electrons. The quantitative estimate of drug-likeness (QED) is 0.554. The Morgan fingerprint density at radius 1 is 1.12 bits per heavy atom. The van der Waals surface area contributed by atoms with Gasteiger partial charge in [0.2, 0.25) is 11.8 Å². The number of anilines is 1. The van der Waals surface area contributed by atoms with E-state index in [1.165, 1.54) is 18.1 Å². The van der Waals surface area contributed by atoms with Crippen molar-refractivity contribution < 1.29 is 19.1 Å². The molecule has 2 aromatic rings. The van der Waals surface area contributed by atoms with Gasteiger partial charge in [0.25, 0.3) is 0 Å². The van der Waals surface area contributed by atoms with Crippen molar-refractivity contribution in [3.63, 3.8) is 0 Å². The number of halogens is 1. The minimum absolute atomic E-state index is 0.0587. The van der Waals surface area contributed by atoms with E-state index in [1.54, 1.807) is 25.3 Å². The van der Waals surface area contributed by atoms with Crippen LogP contribution in [-0.4, -0.2) is 43.5 Å². The number of amides is 2. The molecule has 0 aromatic heterocycles. The van der Waals surface area contributed by atoms with Gasteiger partial charge in [-0.25, -0.2) is 0 Å². The Balaban J connectivity index is 2.06. The van der Waals surface area contributed by atoms with Gasteiger partial charge in [0.15, 0.2) is 11.5 Å². The second-order valence-corrected chi connectivity index (χ2v) is 8.46. The molecule has 2 amide bonds. The summed E-state index contributed by atoms with van der Waals surface area (Å²) < 4.78 is 11.1. The number of rotatable bonds is 8. The zero-order valence-corrected chi connectivity index (χ0v) is 20.5. The Hall–Kier alpha value is -2.99. The second-order valence-electron chi connectivity index (χ2n) is 8.05. The Kier molecular flexibility index (Phi) is 8.72. The molecule has 0 fully saturated rings. The largest absolute Gasteiger partial charge is 0.493 e. The molecule has 7 heteroatoms. The van der Waals surface area contributed by atoms with Crippen LogP contribution in [-0.2, 0) is 9.59 Å². The first-order chi connectivity index (χ1) is 15.0. The van der Waals surface area contributed by atoms with Crippen LogP contribution in [0.25, 0.3) is 6.08 Å². The first-order valence-electron chi connectivity index (χ1n) is 10.4. The Bertz CT molecular complexity index is 1010. The topological polar surface area (TPSA) is 67.9 Å². The summed E-state index contributed by atoms with van der Waals surface area (Å²) in [4.78, 5) is 26.3. The molecule has 2 rings (SSSR count). The molecule has 0 atom stereocenters. The van der Waals surface area contributed by atoms with Crippen molar-refractivity contribution in [3.05, 3.63) is 57.6 Å². The lowest BCUT2D eigenvalue weighted by molar-refractivity contribution is -0.129. The molecule has 0 heterocycles. The van der Waals surface area contributed by atoms with Crippen LogP contribution in [0.15, 0.2) is 30.3 Å². The highest BCUT2D eigenvalue weighted by Crippen LogP contribution is 2.37. The third kappa shape index (κ3) is 6.76. The molecule has 0 unspecified atom stereocenters. The van der Waals surface area contributed by atoms with Crippen molar-refractivity contribution in [1.29, 1.82) is 0 Å². The van der Waals surface area contributed by atoms with E-state index in [-0.39, 0.29) is 24.5 Å². The molecular formula is C25H31ClN2O4. The van der Waals surface area contributed by atoms with Crippen molar-refractivity contribution >= 4 is 35.2 Å². The molecule has 2 aromatic carbocycles. The van der Waals surface area contributed by atoms with Crippen molar-refractivity contribution in [2.24, 2.45) is 0 Å². The van der Waals surface area contributed by atoms with Crippen LogP contribution >= 0.6 is 11.6 Å². The Morgan fingerprint density at radius 2 is 1.75 bits per heavy atom. The average Bonchev–Trinajstić information content (AvgIpc) is 2.70. The fraction of sp³-hybridized carbons (Fsp3) is 0.360. The number of carbonyl (C=O) groups excluding carboxylic acids is 2. The summed E-state index contributed by atoms with van der Waals surface area (Å²) in [7, 11) is 3.11. The number of nitrogens with zero attached hydrogens (tertiary/aromatic N) is 1. The summed E-state index contributed by atoms with van der Waals surface area (Å²) >= 11 is 6.33. The predicted molar refractivity (Wildman–Crippen MR) is 130 cm³/mol. The fourth-order valence-electron chi connectivity index (χ4n) is 3.33. The van der Waals surface area contributed by atoms with Gasteiger partial charge in [-0.15, -0.1) is 0 Å². The maximum Gasteiger partial charge on any atom is 0.246 e. The van der Waals surface area contributed by atoms with Crippen molar-refractivity contribution in [2.75, 3.05) is 26.0 Å². The van der Waals surface area contributed by atoms with Crippen LogP contribution in [0.2, 0.25) is 5.02 Å². The fourth-order valence-corrected chi connectivity index (χ4v) is 3.59. The summed E-state index contributed by atoms with van der Waals surface area (Å²) in [6.07, 6.45) is 2.96. The molecule has 1 N–H and O–H groups in total. The number of hydrogen-bond acceptors (Lipinski definition) is 4. The minimum atomic E-state index is -0.310. The van der Waals surface area contributed by atoms with Gasteiger partial charge < -0.3 is 19.7 Å². The molecule has 6 nitrogen and oxygen atoms in total. The van der Waals surface area contributed by atoms with Gasteiger partial charge in [-0.1, -0.05) is 29.3 Å². The van der Waals surface area contributed by atoms with Crippen molar-refractivity contribution in [1.82, 2.24) is 4.90 Å². The number of aryl methyl sites for hydroxylation is 3. The van der Waals surface area contributed by atoms with Gasteiger partial charge in [0.05, 0.1) is 24.8 Å². The van der Waals surface area contributed by atoms with E-state index < -0.39 is 0 Å². The monoisotopic (exact) mass is 458 g/mol. The van der Waals surface area contributed by atoms with E-state index in [1.807, 2.05) is 46.8 Å². The molecule has 0 spiro atoms. The van der Waals surface area contributed by atoms with E-state index in [0.29, 0.717) is 22.1 Å². The SMILES string of the molecule is COc1cc(/C=C/C(=O)N(C)CC(=O)Nc2c(C)cc(C)cc2C)cc(Cl)c1OC(C)C. The maximum atomic E-state index is 12.5. The summed E-state index contributed by atoms with van der Waals surface area (Å²) in [5.74, 6) is 0.372.